The molecular weight excluding hydrogens is 215 g/mol. The van der Waals surface area contributed by atoms with Crippen molar-refractivity contribution in [3.8, 4) is 0 Å². The molecule has 0 radical (unpaired) electrons. The molecule has 1 aromatic carbocycles. The average Bonchev–Trinajstić information content (AvgIpc) is 2.01. The third kappa shape index (κ3) is 4.37. The molecule has 0 unspecified atom stereocenters. The Bertz CT molecular complexity index is 298. The number of hydrogen-bond donors (Lipinski definition) is 1. The van der Waals surface area contributed by atoms with Crippen LogP contribution in [0.25, 0.3) is 0 Å². The highest BCUT2D eigenvalue weighted by molar-refractivity contribution is 6.30. The summed E-state index contributed by atoms with van der Waals surface area (Å²) in [6.07, 6.45) is -4.97. The monoisotopic (exact) mass is 223 g/mol. The van der Waals surface area contributed by atoms with Gasteiger partial charge in [0.25, 0.3) is 0 Å². The standard InChI is InChI=1S/C9H9ClF3N/c10-7-2-1-3-8(6-7)14-5-4-9(11,12)13/h1-3,6,14H,4-5H2. The summed E-state index contributed by atoms with van der Waals surface area (Å²) in [7, 11) is 0. The van der Waals surface area contributed by atoms with E-state index in [9.17, 15) is 13.2 Å². The first-order valence-electron chi connectivity index (χ1n) is 4.03. The fraction of sp³-hybridized carbons (Fsp3) is 0.333. The predicted octanol–water partition coefficient (Wildman–Crippen LogP) is 3.70. The van der Waals surface area contributed by atoms with E-state index in [4.69, 9.17) is 11.6 Å². The first-order valence-corrected chi connectivity index (χ1v) is 4.41. The lowest BCUT2D eigenvalue weighted by atomic mass is 10.3. The van der Waals surface area contributed by atoms with Gasteiger partial charge in [-0.1, -0.05) is 17.7 Å². The second-order valence-corrected chi connectivity index (χ2v) is 3.24. The van der Waals surface area contributed by atoms with Crippen molar-refractivity contribution in [1.29, 1.82) is 0 Å². The maximum Gasteiger partial charge on any atom is 0.390 e. The number of alkyl halides is 3. The van der Waals surface area contributed by atoms with Crippen LogP contribution in [0, 0.1) is 0 Å². The van der Waals surface area contributed by atoms with Crippen molar-refractivity contribution in [1.82, 2.24) is 0 Å². The van der Waals surface area contributed by atoms with Gasteiger partial charge in [-0.15, -0.1) is 0 Å². The molecule has 0 spiro atoms. The molecule has 0 saturated heterocycles. The molecule has 0 fully saturated rings. The SMILES string of the molecule is FC(F)(F)CCNc1cccc(Cl)c1. The van der Waals surface area contributed by atoms with Gasteiger partial charge in [-0.05, 0) is 18.2 Å². The Morgan fingerprint density at radius 1 is 1.29 bits per heavy atom. The lowest BCUT2D eigenvalue weighted by Gasteiger charge is -2.08. The van der Waals surface area contributed by atoms with Crippen molar-refractivity contribution in [3.63, 3.8) is 0 Å². The third-order valence-electron chi connectivity index (χ3n) is 1.56. The normalized spacial score (nSPS) is 11.4. The molecule has 0 aliphatic rings. The molecule has 0 aromatic heterocycles. The van der Waals surface area contributed by atoms with Crippen LogP contribution in [-0.4, -0.2) is 12.7 Å². The minimum atomic E-state index is -4.12. The Morgan fingerprint density at radius 2 is 2.00 bits per heavy atom. The number of rotatable bonds is 3. The molecule has 1 rings (SSSR count). The number of nitrogens with one attached hydrogen (secondary N) is 1. The second kappa shape index (κ2) is 4.55. The first-order chi connectivity index (χ1) is 6.47. The number of halogens is 4. The summed E-state index contributed by atoms with van der Waals surface area (Å²) in [4.78, 5) is 0. The van der Waals surface area contributed by atoms with Crippen molar-refractivity contribution in [2.45, 2.75) is 12.6 Å². The highest BCUT2D eigenvalue weighted by atomic mass is 35.5. The summed E-state index contributed by atoms with van der Waals surface area (Å²) in [6.45, 7) is -0.135. The van der Waals surface area contributed by atoms with E-state index in [1.165, 1.54) is 0 Å². The fourth-order valence-corrected chi connectivity index (χ4v) is 1.14. The zero-order valence-corrected chi connectivity index (χ0v) is 7.99. The topological polar surface area (TPSA) is 12.0 Å². The van der Waals surface area contributed by atoms with Gasteiger partial charge in [0, 0.05) is 17.3 Å². The fourth-order valence-electron chi connectivity index (χ4n) is 0.947. The van der Waals surface area contributed by atoms with E-state index >= 15 is 0 Å². The zero-order valence-electron chi connectivity index (χ0n) is 7.24. The lowest BCUT2D eigenvalue weighted by molar-refractivity contribution is -0.131. The Balaban J connectivity index is 2.39. The predicted molar refractivity (Wildman–Crippen MR) is 50.6 cm³/mol. The minimum Gasteiger partial charge on any atom is -0.385 e. The smallest absolute Gasteiger partial charge is 0.385 e. The van der Waals surface area contributed by atoms with Gasteiger partial charge >= 0.3 is 6.18 Å². The number of benzene rings is 1. The van der Waals surface area contributed by atoms with Crippen molar-refractivity contribution < 1.29 is 13.2 Å². The second-order valence-electron chi connectivity index (χ2n) is 2.80. The molecular formula is C9H9ClF3N. The van der Waals surface area contributed by atoms with Gasteiger partial charge in [0.2, 0.25) is 0 Å². The maximum atomic E-state index is 11.8. The largest absolute Gasteiger partial charge is 0.390 e. The Kier molecular flexibility index (Phi) is 3.63. The Hall–Kier alpha value is -0.900. The van der Waals surface area contributed by atoms with Crippen molar-refractivity contribution in [2.75, 3.05) is 11.9 Å². The van der Waals surface area contributed by atoms with Crippen molar-refractivity contribution >= 4 is 17.3 Å². The van der Waals surface area contributed by atoms with Crippen molar-refractivity contribution in [3.05, 3.63) is 29.3 Å². The van der Waals surface area contributed by atoms with Crippen LogP contribution in [0.15, 0.2) is 24.3 Å². The molecule has 1 nitrogen and oxygen atoms in total. The molecule has 1 N–H and O–H groups in total. The van der Waals surface area contributed by atoms with Crippen LogP contribution >= 0.6 is 11.6 Å². The van der Waals surface area contributed by atoms with Gasteiger partial charge in [-0.25, -0.2) is 0 Å². The molecule has 0 aliphatic heterocycles. The Labute approximate surface area is 84.9 Å². The molecule has 78 valence electrons. The summed E-state index contributed by atoms with van der Waals surface area (Å²) >= 11 is 5.65. The molecule has 5 heteroatoms. The highest BCUT2D eigenvalue weighted by Gasteiger charge is 2.25. The van der Waals surface area contributed by atoms with E-state index in [0.29, 0.717) is 10.7 Å². The van der Waals surface area contributed by atoms with Gasteiger partial charge in [0.15, 0.2) is 0 Å². The van der Waals surface area contributed by atoms with E-state index in [1.807, 2.05) is 0 Å². The summed E-state index contributed by atoms with van der Waals surface area (Å²) in [5.74, 6) is 0. The van der Waals surface area contributed by atoms with Gasteiger partial charge in [-0.3, -0.25) is 0 Å². The highest BCUT2D eigenvalue weighted by Crippen LogP contribution is 2.20. The van der Waals surface area contributed by atoms with Gasteiger partial charge < -0.3 is 5.32 Å². The average molecular weight is 224 g/mol. The molecule has 0 atom stereocenters. The first kappa shape index (κ1) is 11.2. The van der Waals surface area contributed by atoms with Crippen LogP contribution in [0.1, 0.15) is 6.42 Å². The third-order valence-corrected chi connectivity index (χ3v) is 1.80. The van der Waals surface area contributed by atoms with E-state index in [-0.39, 0.29) is 6.54 Å². The van der Waals surface area contributed by atoms with Crippen LogP contribution in [0.4, 0.5) is 18.9 Å². The van der Waals surface area contributed by atoms with Crippen LogP contribution < -0.4 is 5.32 Å². The van der Waals surface area contributed by atoms with Crippen LogP contribution in [0.5, 0.6) is 0 Å². The van der Waals surface area contributed by atoms with E-state index in [2.05, 4.69) is 5.32 Å². The summed E-state index contributed by atoms with van der Waals surface area (Å²) in [6, 6.07) is 6.59. The van der Waals surface area contributed by atoms with Gasteiger partial charge in [0.1, 0.15) is 0 Å². The molecule has 0 bridgehead atoms. The number of anilines is 1. The van der Waals surface area contributed by atoms with Crippen LogP contribution in [0.2, 0.25) is 5.02 Å². The summed E-state index contributed by atoms with van der Waals surface area (Å²) < 4.78 is 35.3. The van der Waals surface area contributed by atoms with Crippen LogP contribution in [-0.2, 0) is 0 Å². The molecule has 0 heterocycles. The molecule has 0 aliphatic carbocycles. The maximum absolute atomic E-state index is 11.8. The molecule has 1 aromatic rings. The zero-order chi connectivity index (χ0) is 10.6. The number of hydrogen-bond acceptors (Lipinski definition) is 1. The van der Waals surface area contributed by atoms with E-state index in [1.54, 1.807) is 24.3 Å². The van der Waals surface area contributed by atoms with Gasteiger partial charge in [0.05, 0.1) is 6.42 Å². The van der Waals surface area contributed by atoms with Gasteiger partial charge in [-0.2, -0.15) is 13.2 Å². The summed E-state index contributed by atoms with van der Waals surface area (Å²) in [5, 5.41) is 3.14. The molecule has 0 amide bonds. The lowest BCUT2D eigenvalue weighted by Crippen LogP contribution is -2.14. The van der Waals surface area contributed by atoms with E-state index in [0.717, 1.165) is 0 Å². The van der Waals surface area contributed by atoms with Crippen LogP contribution in [0.3, 0.4) is 0 Å². The molecule has 0 saturated carbocycles. The quantitative estimate of drug-likeness (QED) is 0.824. The minimum absolute atomic E-state index is 0.135. The Morgan fingerprint density at radius 3 is 2.57 bits per heavy atom. The van der Waals surface area contributed by atoms with Crippen molar-refractivity contribution in [2.24, 2.45) is 0 Å². The molecule has 14 heavy (non-hydrogen) atoms. The summed E-state index contributed by atoms with van der Waals surface area (Å²) in [5.41, 5.74) is 0.599. The van der Waals surface area contributed by atoms with E-state index < -0.39 is 12.6 Å².